The predicted molar refractivity (Wildman–Crippen MR) is 140 cm³/mol. The summed E-state index contributed by atoms with van der Waals surface area (Å²) in [7, 11) is 0. The van der Waals surface area contributed by atoms with E-state index < -0.39 is 108 Å². The Balaban J connectivity index is 1.59. The van der Waals surface area contributed by atoms with Crippen LogP contribution in [0.4, 0.5) is 0 Å². The number of phenolic OH excluding ortho intramolecular Hbond substituents is 3. The van der Waals surface area contributed by atoms with E-state index in [4.69, 9.17) is 23.4 Å². The smallest absolute Gasteiger partial charge is 0.239 e. The number of rotatable bonds is 7. The van der Waals surface area contributed by atoms with E-state index in [-0.39, 0.29) is 16.9 Å². The Labute approximate surface area is 241 Å². The van der Waals surface area contributed by atoms with Crippen molar-refractivity contribution in [2.45, 2.75) is 68.3 Å². The van der Waals surface area contributed by atoms with Gasteiger partial charge in [0, 0.05) is 17.7 Å². The summed E-state index contributed by atoms with van der Waals surface area (Å²) in [6.07, 6.45) is -15.6. The summed E-state index contributed by atoms with van der Waals surface area (Å²) in [5.41, 5.74) is -1.37. The van der Waals surface area contributed by atoms with Crippen molar-refractivity contribution in [3.63, 3.8) is 0 Å². The van der Waals surface area contributed by atoms with Crippen molar-refractivity contribution in [2.24, 2.45) is 0 Å². The minimum atomic E-state index is -1.81. The van der Waals surface area contributed by atoms with E-state index in [0.29, 0.717) is 0 Å². The highest BCUT2D eigenvalue weighted by Gasteiger charge is 2.48. The van der Waals surface area contributed by atoms with Crippen LogP contribution in [-0.4, -0.2) is 119 Å². The fourth-order valence-electron chi connectivity index (χ4n) is 4.84. The van der Waals surface area contributed by atoms with Crippen LogP contribution >= 0.6 is 0 Å². The zero-order valence-electron chi connectivity index (χ0n) is 22.3. The van der Waals surface area contributed by atoms with Crippen LogP contribution in [0.2, 0.25) is 0 Å². The molecule has 3 heterocycles. The number of ether oxygens (including phenoxy) is 4. The Morgan fingerprint density at radius 1 is 0.814 bits per heavy atom. The maximum Gasteiger partial charge on any atom is 0.239 e. The summed E-state index contributed by atoms with van der Waals surface area (Å²) in [4.78, 5) is 13.7. The first-order valence-electron chi connectivity index (χ1n) is 13.0. The summed E-state index contributed by atoms with van der Waals surface area (Å²) in [5, 5.41) is 100. The van der Waals surface area contributed by atoms with Crippen molar-refractivity contribution < 1.29 is 74.4 Å². The Morgan fingerprint density at radius 2 is 1.49 bits per heavy atom. The molecule has 3 aromatic rings. The Kier molecular flexibility index (Phi) is 8.41. The minimum Gasteiger partial charge on any atom is -0.507 e. The Hall–Kier alpha value is -3.71. The minimum absolute atomic E-state index is 0.0351. The van der Waals surface area contributed by atoms with E-state index in [0.717, 1.165) is 24.3 Å². The molecule has 2 aliphatic rings. The fraction of sp³-hybridized carbons (Fsp3) is 0.444. The molecule has 1 aromatic heterocycles. The molecule has 10 atom stereocenters. The monoisotopic (exact) mass is 610 g/mol. The van der Waals surface area contributed by atoms with E-state index in [2.05, 4.69) is 0 Å². The summed E-state index contributed by atoms with van der Waals surface area (Å²) >= 11 is 0. The molecule has 234 valence electrons. The molecule has 2 aromatic carbocycles. The molecule has 2 fully saturated rings. The standard InChI is InChI=1S/C27H30O16/c1-8-17(33)19(35)21(37)26(39-8)40-10-5-13(31)16-15(6-10)41-23(9-2-3-11(29)12(30)4-9)25(18(16)34)43-27-22(38)20(36)24(42-27)14(32)7-28/h2-6,8,14,17,19-22,24,26-33,35-38H,7H2,1H3/t8-,14+,17-,19+,20+,21+,22+,24+,26-,27-/m0/s1. The van der Waals surface area contributed by atoms with Gasteiger partial charge in [0.2, 0.25) is 23.8 Å². The summed E-state index contributed by atoms with van der Waals surface area (Å²) in [6, 6.07) is 5.46. The SMILES string of the molecule is C[C@@H]1O[C@@H](Oc2cc(O)c3c(=O)c(O[C@@H]4O[C@H]([C@H](O)CO)[C@H](O)[C@H]4O)c(-c4ccc(O)c(O)c4)oc3c2)[C@H](O)[C@H](O)[C@H]1O. The number of benzene rings is 2. The average molecular weight is 611 g/mol. The van der Waals surface area contributed by atoms with Crippen molar-refractivity contribution in [1.82, 2.24) is 0 Å². The zero-order valence-corrected chi connectivity index (χ0v) is 22.3. The first-order chi connectivity index (χ1) is 20.3. The van der Waals surface area contributed by atoms with Crippen molar-refractivity contribution in [3.8, 4) is 40.1 Å². The van der Waals surface area contributed by atoms with E-state index >= 15 is 0 Å². The van der Waals surface area contributed by atoms with Crippen LogP contribution in [-0.2, 0) is 9.47 Å². The van der Waals surface area contributed by atoms with Gasteiger partial charge in [-0.25, -0.2) is 0 Å². The van der Waals surface area contributed by atoms with Gasteiger partial charge in [-0.15, -0.1) is 0 Å². The molecule has 0 saturated carbocycles. The second-order valence-corrected chi connectivity index (χ2v) is 10.2. The second-order valence-electron chi connectivity index (χ2n) is 10.2. The van der Waals surface area contributed by atoms with E-state index in [9.17, 15) is 55.9 Å². The molecule has 2 saturated heterocycles. The molecule has 0 aliphatic carbocycles. The van der Waals surface area contributed by atoms with Crippen molar-refractivity contribution >= 4 is 11.0 Å². The highest BCUT2D eigenvalue weighted by molar-refractivity contribution is 5.88. The third kappa shape index (κ3) is 5.55. The lowest BCUT2D eigenvalue weighted by atomic mass is 10.00. The van der Waals surface area contributed by atoms with Gasteiger partial charge in [-0.2, -0.15) is 0 Å². The summed E-state index contributed by atoms with van der Waals surface area (Å²) in [5.74, 6) is -3.08. The Bertz CT molecular complexity index is 1540. The molecule has 0 spiro atoms. The average Bonchev–Trinajstić information content (AvgIpc) is 3.25. The number of hydrogen-bond donors (Lipinski definition) is 10. The first kappa shape index (κ1) is 30.7. The number of hydrogen-bond acceptors (Lipinski definition) is 16. The topological polar surface area (TPSA) is 269 Å². The molecule has 16 heteroatoms. The first-order valence-corrected chi connectivity index (χ1v) is 13.0. The largest absolute Gasteiger partial charge is 0.507 e. The molecule has 5 rings (SSSR count). The van der Waals surface area contributed by atoms with Gasteiger partial charge in [-0.1, -0.05) is 0 Å². The normalized spacial score (nSPS) is 31.7. The van der Waals surface area contributed by atoms with Crippen LogP contribution in [0.3, 0.4) is 0 Å². The van der Waals surface area contributed by atoms with Gasteiger partial charge < -0.3 is 74.4 Å². The molecule has 0 unspecified atom stereocenters. The Morgan fingerprint density at radius 3 is 2.16 bits per heavy atom. The van der Waals surface area contributed by atoms with Gasteiger partial charge in [0.25, 0.3) is 0 Å². The molecule has 43 heavy (non-hydrogen) atoms. The number of fused-ring (bicyclic) bond motifs is 1. The lowest BCUT2D eigenvalue weighted by molar-refractivity contribution is -0.268. The second kappa shape index (κ2) is 11.8. The van der Waals surface area contributed by atoms with Crippen LogP contribution in [0, 0.1) is 0 Å². The number of aliphatic hydroxyl groups is 7. The van der Waals surface area contributed by atoms with Crippen LogP contribution in [0.15, 0.2) is 39.5 Å². The van der Waals surface area contributed by atoms with Crippen molar-refractivity contribution in [1.29, 1.82) is 0 Å². The van der Waals surface area contributed by atoms with Gasteiger partial charge in [0.1, 0.15) is 65.2 Å². The van der Waals surface area contributed by atoms with Crippen LogP contribution in [0.1, 0.15) is 6.92 Å². The maximum absolute atomic E-state index is 13.7. The van der Waals surface area contributed by atoms with Gasteiger partial charge in [0.05, 0.1) is 12.7 Å². The summed E-state index contributed by atoms with van der Waals surface area (Å²) in [6.45, 7) is 0.613. The lowest BCUT2D eigenvalue weighted by Crippen LogP contribution is -2.58. The molecule has 2 aliphatic heterocycles. The van der Waals surface area contributed by atoms with Gasteiger partial charge in [-0.05, 0) is 25.1 Å². The summed E-state index contributed by atoms with van der Waals surface area (Å²) < 4.78 is 27.8. The van der Waals surface area contributed by atoms with Gasteiger partial charge in [-0.3, -0.25) is 4.79 Å². The molecular weight excluding hydrogens is 580 g/mol. The predicted octanol–water partition coefficient (Wildman–Crippen LogP) is -2.04. The molecule has 16 nitrogen and oxygen atoms in total. The van der Waals surface area contributed by atoms with E-state index in [1.807, 2.05) is 0 Å². The fourth-order valence-corrected chi connectivity index (χ4v) is 4.84. The highest BCUT2D eigenvalue weighted by atomic mass is 16.7. The number of aliphatic hydroxyl groups excluding tert-OH is 7. The van der Waals surface area contributed by atoms with Crippen molar-refractivity contribution in [2.75, 3.05) is 6.61 Å². The van der Waals surface area contributed by atoms with Crippen molar-refractivity contribution in [3.05, 3.63) is 40.6 Å². The molecule has 10 N–H and O–H groups in total. The number of phenols is 3. The van der Waals surface area contributed by atoms with Gasteiger partial charge in [0.15, 0.2) is 17.3 Å². The van der Waals surface area contributed by atoms with E-state index in [1.54, 1.807) is 0 Å². The highest BCUT2D eigenvalue weighted by Crippen LogP contribution is 2.40. The number of aromatic hydroxyl groups is 3. The third-order valence-corrected chi connectivity index (χ3v) is 7.26. The molecular formula is C27H30O16. The third-order valence-electron chi connectivity index (χ3n) is 7.26. The molecule has 0 radical (unpaired) electrons. The molecule has 0 bridgehead atoms. The molecule has 0 amide bonds. The maximum atomic E-state index is 13.7. The van der Waals surface area contributed by atoms with Crippen LogP contribution < -0.4 is 14.9 Å². The zero-order chi connectivity index (χ0) is 31.3. The van der Waals surface area contributed by atoms with Crippen LogP contribution in [0.25, 0.3) is 22.3 Å². The quantitative estimate of drug-likeness (QED) is 0.129. The van der Waals surface area contributed by atoms with Crippen LogP contribution in [0.5, 0.6) is 28.7 Å². The van der Waals surface area contributed by atoms with Gasteiger partial charge >= 0.3 is 0 Å². The van der Waals surface area contributed by atoms with E-state index in [1.165, 1.54) is 13.0 Å². The lowest BCUT2D eigenvalue weighted by Gasteiger charge is -2.38.